The van der Waals surface area contributed by atoms with Crippen LogP contribution in [-0.2, 0) is 5.41 Å². The van der Waals surface area contributed by atoms with Gasteiger partial charge in [-0.2, -0.15) is 10.5 Å². The largest absolute Gasteiger partial charge is 0.289 e. The zero-order valence-electron chi connectivity index (χ0n) is 30.9. The number of allylic oxidation sites excluding steroid dienone is 6. The summed E-state index contributed by atoms with van der Waals surface area (Å²) in [4.78, 5) is 31.9. The highest BCUT2D eigenvalue weighted by molar-refractivity contribution is 7.20. The van der Waals surface area contributed by atoms with Gasteiger partial charge in [0, 0.05) is 58.0 Å². The molecule has 0 bridgehead atoms. The Morgan fingerprint density at radius 3 is 1.50 bits per heavy atom. The maximum absolute atomic E-state index is 14.4. The smallest absolute Gasteiger partial charge is 0.270 e. The standard InChI is InChI=1S/C48H22F4N4O2S2/c1-56-41(21-55)45-30-14-38(50)40(52)16-32(30)47(58)34(45)12-26-8-23-10-36-28(18-43(23)60-26)27-17-42-22(9-35(27)48(36)5-3-2-4-6-48)7-25(59-42)11-33-44(24(19-53)20-54)29-13-37(49)39(51)15-31(29)46(33)57/h7-18H,2-6H2/b33-11-,34-12-,45-41?. The first-order chi connectivity index (χ1) is 29.0. The lowest BCUT2D eigenvalue weighted by Gasteiger charge is -2.36. The Balaban J connectivity index is 1.10. The number of thiophene rings is 2. The van der Waals surface area contributed by atoms with E-state index in [1.165, 1.54) is 33.8 Å². The summed E-state index contributed by atoms with van der Waals surface area (Å²) in [5.74, 6) is -6.01. The SMILES string of the molecule is [C-]#[N+]C(C#N)=C1/C(=C/c2cc3cc4c(cc3s2)-c2cc3sc(/C=C5\C(=O)c6cc(F)c(F)cc6C5=C(C#N)C#N)cc3cc2C42CCCCC2)C(=O)c2cc(F)c(F)cc21. The molecule has 4 aromatic carbocycles. The first-order valence-corrected chi connectivity index (χ1v) is 20.4. The molecule has 0 amide bonds. The molecule has 2 aromatic heterocycles. The quantitative estimate of drug-likeness (QED) is 0.0747. The number of carbonyl (C=O) groups excluding carboxylic acids is 2. The van der Waals surface area contributed by atoms with Gasteiger partial charge in [-0.1, -0.05) is 19.3 Å². The number of halogens is 4. The third-order valence-electron chi connectivity index (χ3n) is 12.1. The number of Topliss-reactive ketones (excluding diaryl/α,β-unsaturated/α-hetero) is 2. The minimum atomic E-state index is -1.21. The molecule has 0 aliphatic heterocycles. The van der Waals surface area contributed by atoms with E-state index in [1.54, 1.807) is 24.3 Å². The summed E-state index contributed by atoms with van der Waals surface area (Å²) >= 11 is 2.82. The van der Waals surface area contributed by atoms with Crippen molar-refractivity contribution in [2.75, 3.05) is 0 Å². The fourth-order valence-electron chi connectivity index (χ4n) is 9.48. The summed E-state index contributed by atoms with van der Waals surface area (Å²) < 4.78 is 59.2. The zero-order valence-corrected chi connectivity index (χ0v) is 32.5. The molecule has 4 aliphatic rings. The molecule has 2 heterocycles. The monoisotopic (exact) mass is 826 g/mol. The lowest BCUT2D eigenvalue weighted by molar-refractivity contribution is 0.103. The summed E-state index contributed by atoms with van der Waals surface area (Å²) in [6, 6.07) is 21.3. The summed E-state index contributed by atoms with van der Waals surface area (Å²) in [6.07, 6.45) is 8.16. The molecule has 6 nitrogen and oxygen atoms in total. The highest BCUT2D eigenvalue weighted by atomic mass is 32.1. The molecule has 1 spiro atoms. The van der Waals surface area contributed by atoms with Crippen LogP contribution in [0.25, 0.3) is 59.4 Å². The zero-order chi connectivity index (χ0) is 41.8. The highest BCUT2D eigenvalue weighted by Gasteiger charge is 2.44. The van der Waals surface area contributed by atoms with Crippen LogP contribution in [0, 0.1) is 63.8 Å². The molecule has 60 heavy (non-hydrogen) atoms. The number of nitriles is 3. The predicted molar refractivity (Wildman–Crippen MR) is 221 cm³/mol. The third kappa shape index (κ3) is 5.25. The first kappa shape index (κ1) is 37.1. The average molecular weight is 827 g/mol. The number of ketones is 2. The molecule has 1 fully saturated rings. The molecule has 1 saturated carbocycles. The molecule has 0 saturated heterocycles. The van der Waals surface area contributed by atoms with Crippen molar-refractivity contribution in [3.8, 4) is 29.3 Å². The molecule has 0 unspecified atom stereocenters. The Bertz CT molecular complexity index is 3130. The van der Waals surface area contributed by atoms with Gasteiger partial charge >= 0.3 is 0 Å². The van der Waals surface area contributed by atoms with Crippen LogP contribution in [0.5, 0.6) is 0 Å². The maximum atomic E-state index is 14.4. The van der Waals surface area contributed by atoms with E-state index in [-0.39, 0.29) is 55.5 Å². The van der Waals surface area contributed by atoms with E-state index in [4.69, 9.17) is 6.57 Å². The van der Waals surface area contributed by atoms with Gasteiger partial charge in [-0.15, -0.1) is 22.7 Å². The Labute approximate surface area is 347 Å². The lowest BCUT2D eigenvalue weighted by atomic mass is 9.67. The third-order valence-corrected chi connectivity index (χ3v) is 14.1. The van der Waals surface area contributed by atoms with Crippen LogP contribution in [0.2, 0.25) is 0 Å². The van der Waals surface area contributed by atoms with Gasteiger partial charge in [0.2, 0.25) is 0 Å². The minimum absolute atomic E-state index is 0.00339. The van der Waals surface area contributed by atoms with E-state index < -0.39 is 40.5 Å². The minimum Gasteiger partial charge on any atom is -0.289 e. The molecule has 4 aliphatic carbocycles. The van der Waals surface area contributed by atoms with Crippen molar-refractivity contribution < 1.29 is 27.2 Å². The molecule has 0 radical (unpaired) electrons. The van der Waals surface area contributed by atoms with Gasteiger partial charge in [0.25, 0.3) is 5.70 Å². The van der Waals surface area contributed by atoms with Crippen LogP contribution >= 0.6 is 22.7 Å². The molecule has 0 atom stereocenters. The van der Waals surface area contributed by atoms with Gasteiger partial charge in [-0.25, -0.2) is 27.7 Å². The van der Waals surface area contributed by atoms with Gasteiger partial charge < -0.3 is 0 Å². The molecular weight excluding hydrogens is 805 g/mol. The Kier molecular flexibility index (Phi) is 8.29. The van der Waals surface area contributed by atoms with Gasteiger partial charge in [-0.05, 0) is 130 Å². The summed E-state index contributed by atoms with van der Waals surface area (Å²) in [5, 5.41) is 31.2. The van der Waals surface area contributed by atoms with Gasteiger partial charge in [0.15, 0.2) is 34.8 Å². The number of rotatable bonds is 2. The van der Waals surface area contributed by atoms with Crippen molar-refractivity contribution in [1.29, 1.82) is 15.8 Å². The number of fused-ring (bicyclic) bond motifs is 9. The second-order valence-electron chi connectivity index (χ2n) is 15.1. The number of nitrogens with zero attached hydrogens (tertiary/aromatic N) is 4. The molecule has 12 heteroatoms. The van der Waals surface area contributed by atoms with Gasteiger partial charge in [0.1, 0.15) is 17.7 Å². The van der Waals surface area contributed by atoms with E-state index in [0.717, 1.165) is 87.7 Å². The fourth-order valence-corrected chi connectivity index (χ4v) is 11.5. The van der Waals surface area contributed by atoms with Gasteiger partial charge in [-0.3, -0.25) is 9.59 Å². The summed E-state index contributed by atoms with van der Waals surface area (Å²) in [5.41, 5.74) is 3.20. The van der Waals surface area contributed by atoms with Crippen LogP contribution in [0.1, 0.15) is 84.8 Å². The number of hydrogen-bond acceptors (Lipinski definition) is 7. The van der Waals surface area contributed by atoms with Crippen molar-refractivity contribution >= 4 is 77.7 Å². The topological polar surface area (TPSA) is 110 Å². The Morgan fingerprint density at radius 2 is 1.05 bits per heavy atom. The summed E-state index contributed by atoms with van der Waals surface area (Å²) in [7, 11) is 0. The van der Waals surface area contributed by atoms with Crippen molar-refractivity contribution in [1.82, 2.24) is 0 Å². The fraction of sp³-hybridized carbons (Fsp3) is 0.125. The van der Waals surface area contributed by atoms with Crippen molar-refractivity contribution in [3.05, 3.63) is 161 Å². The van der Waals surface area contributed by atoms with Crippen molar-refractivity contribution in [2.45, 2.75) is 37.5 Å². The van der Waals surface area contributed by atoms with Crippen molar-refractivity contribution in [3.63, 3.8) is 0 Å². The number of hydrogen-bond donors (Lipinski definition) is 0. The van der Waals surface area contributed by atoms with Crippen LogP contribution in [-0.4, -0.2) is 11.6 Å². The van der Waals surface area contributed by atoms with E-state index >= 15 is 0 Å². The molecule has 6 aromatic rings. The molecule has 10 rings (SSSR count). The normalized spacial score (nSPS) is 18.0. The maximum Gasteiger partial charge on any atom is 0.270 e. The van der Waals surface area contributed by atoms with Crippen LogP contribution in [0.4, 0.5) is 17.6 Å². The van der Waals surface area contributed by atoms with E-state index in [0.29, 0.717) is 9.75 Å². The molecule has 0 N–H and O–H groups in total. The van der Waals surface area contributed by atoms with Gasteiger partial charge in [0.05, 0.1) is 12.6 Å². The van der Waals surface area contributed by atoms with Crippen LogP contribution in [0.15, 0.2) is 83.1 Å². The highest BCUT2D eigenvalue weighted by Crippen LogP contribution is 2.58. The Morgan fingerprint density at radius 1 is 0.600 bits per heavy atom. The second kappa shape index (κ2) is 13.4. The lowest BCUT2D eigenvalue weighted by Crippen LogP contribution is -2.28. The molecular formula is C48H22F4N4O2S2. The van der Waals surface area contributed by atoms with Crippen LogP contribution < -0.4 is 0 Å². The van der Waals surface area contributed by atoms with E-state index in [9.17, 15) is 42.9 Å². The number of carbonyl (C=O) groups is 2. The predicted octanol–water partition coefficient (Wildman–Crippen LogP) is 12.4. The van der Waals surface area contributed by atoms with Crippen molar-refractivity contribution in [2.24, 2.45) is 0 Å². The second-order valence-corrected chi connectivity index (χ2v) is 17.4. The van der Waals surface area contributed by atoms with Crippen LogP contribution in [0.3, 0.4) is 0 Å². The first-order valence-electron chi connectivity index (χ1n) is 18.7. The van der Waals surface area contributed by atoms with E-state index in [2.05, 4.69) is 29.1 Å². The molecule has 286 valence electrons. The average Bonchev–Trinajstić information content (AvgIpc) is 4.01. The number of benzene rings is 4. The summed E-state index contributed by atoms with van der Waals surface area (Å²) in [6.45, 7) is 7.58. The Hall–Kier alpha value is -7.22. The van der Waals surface area contributed by atoms with E-state index in [1.807, 2.05) is 18.2 Å².